The fraction of sp³-hybridized carbons (Fsp3) is 0.467. The lowest BCUT2D eigenvalue weighted by molar-refractivity contribution is -0.140. The molecule has 2 rings (SSSR count). The van der Waals surface area contributed by atoms with Crippen molar-refractivity contribution >= 4 is 29.1 Å². The Morgan fingerprint density at radius 3 is 2.80 bits per heavy atom. The number of benzene rings is 1. The number of anilines is 1. The van der Waals surface area contributed by atoms with Crippen molar-refractivity contribution < 1.29 is 9.59 Å². The topological polar surface area (TPSA) is 49.4 Å². The highest BCUT2D eigenvalue weighted by atomic mass is 35.5. The Morgan fingerprint density at radius 2 is 2.15 bits per heavy atom. The Bertz CT molecular complexity index is 545. The Balaban J connectivity index is 2.17. The van der Waals surface area contributed by atoms with Crippen LogP contribution >= 0.6 is 11.6 Å². The van der Waals surface area contributed by atoms with Gasteiger partial charge in [-0.1, -0.05) is 24.6 Å². The number of hydrogen-bond acceptors (Lipinski definition) is 3. The van der Waals surface area contributed by atoms with E-state index in [1.54, 1.807) is 6.07 Å². The third kappa shape index (κ3) is 2.66. The second-order valence-electron chi connectivity index (χ2n) is 5.17. The first-order valence-corrected chi connectivity index (χ1v) is 7.21. The fourth-order valence-corrected chi connectivity index (χ4v) is 2.54. The molecule has 1 saturated heterocycles. The molecule has 2 unspecified atom stereocenters. The van der Waals surface area contributed by atoms with Gasteiger partial charge in [0.1, 0.15) is 6.04 Å². The fourth-order valence-electron chi connectivity index (χ4n) is 2.36. The molecule has 0 spiro atoms. The SMILES string of the molecule is CCC(C)N1C(=O)CC(Nc2cccc(Cl)c2C)C1=O. The Hall–Kier alpha value is -1.55. The number of rotatable bonds is 4. The van der Waals surface area contributed by atoms with Gasteiger partial charge in [-0.25, -0.2) is 0 Å². The molecule has 1 fully saturated rings. The first-order valence-electron chi connectivity index (χ1n) is 6.83. The van der Waals surface area contributed by atoms with Gasteiger partial charge in [-0.2, -0.15) is 0 Å². The maximum atomic E-state index is 12.3. The van der Waals surface area contributed by atoms with Gasteiger partial charge in [0.2, 0.25) is 5.91 Å². The molecule has 0 bridgehead atoms. The van der Waals surface area contributed by atoms with Crippen LogP contribution in [0.3, 0.4) is 0 Å². The zero-order chi connectivity index (χ0) is 14.9. The summed E-state index contributed by atoms with van der Waals surface area (Å²) in [5.74, 6) is -0.259. The van der Waals surface area contributed by atoms with Crippen molar-refractivity contribution in [3.63, 3.8) is 0 Å². The largest absolute Gasteiger partial charge is 0.373 e. The summed E-state index contributed by atoms with van der Waals surface area (Å²) in [6, 6.07) is 4.95. The van der Waals surface area contributed by atoms with E-state index in [1.165, 1.54) is 4.90 Å². The second-order valence-corrected chi connectivity index (χ2v) is 5.58. The van der Waals surface area contributed by atoms with Gasteiger partial charge in [-0.15, -0.1) is 0 Å². The van der Waals surface area contributed by atoms with Gasteiger partial charge in [-0.3, -0.25) is 14.5 Å². The Kier molecular flexibility index (Phi) is 4.33. The molecule has 4 nitrogen and oxygen atoms in total. The molecule has 2 amide bonds. The van der Waals surface area contributed by atoms with Gasteiger partial charge in [0.05, 0.1) is 6.42 Å². The van der Waals surface area contributed by atoms with Crippen LogP contribution in [0.25, 0.3) is 0 Å². The predicted octanol–water partition coefficient (Wildman–Crippen LogP) is 2.99. The zero-order valence-corrected chi connectivity index (χ0v) is 12.7. The molecule has 20 heavy (non-hydrogen) atoms. The highest BCUT2D eigenvalue weighted by Crippen LogP contribution is 2.26. The molecule has 0 radical (unpaired) electrons. The third-order valence-electron chi connectivity index (χ3n) is 3.81. The van der Waals surface area contributed by atoms with Gasteiger partial charge in [0.25, 0.3) is 5.91 Å². The number of carbonyl (C=O) groups is 2. The van der Waals surface area contributed by atoms with E-state index in [4.69, 9.17) is 11.6 Å². The summed E-state index contributed by atoms with van der Waals surface area (Å²) in [6.07, 6.45) is 0.968. The normalized spacial score (nSPS) is 20.4. The van der Waals surface area contributed by atoms with Gasteiger partial charge >= 0.3 is 0 Å². The molecule has 1 heterocycles. The second kappa shape index (κ2) is 5.83. The van der Waals surface area contributed by atoms with Gasteiger partial charge < -0.3 is 5.32 Å². The number of hydrogen-bond donors (Lipinski definition) is 1. The summed E-state index contributed by atoms with van der Waals surface area (Å²) in [4.78, 5) is 25.7. The summed E-state index contributed by atoms with van der Waals surface area (Å²) in [7, 11) is 0. The van der Waals surface area contributed by atoms with Crippen molar-refractivity contribution in [2.45, 2.75) is 45.7 Å². The van der Waals surface area contributed by atoms with E-state index in [9.17, 15) is 9.59 Å². The third-order valence-corrected chi connectivity index (χ3v) is 4.22. The number of nitrogens with zero attached hydrogens (tertiary/aromatic N) is 1. The van der Waals surface area contributed by atoms with E-state index < -0.39 is 6.04 Å². The van der Waals surface area contributed by atoms with Crippen molar-refractivity contribution in [1.29, 1.82) is 0 Å². The number of halogens is 1. The summed E-state index contributed by atoms with van der Waals surface area (Å²) >= 11 is 6.06. The van der Waals surface area contributed by atoms with Gasteiger partial charge in [-0.05, 0) is 38.0 Å². The minimum Gasteiger partial charge on any atom is -0.373 e. The van der Waals surface area contributed by atoms with Crippen molar-refractivity contribution in [2.75, 3.05) is 5.32 Å². The van der Waals surface area contributed by atoms with Crippen molar-refractivity contribution in [3.05, 3.63) is 28.8 Å². The van der Waals surface area contributed by atoms with Gasteiger partial charge in [0.15, 0.2) is 0 Å². The molecule has 1 aromatic carbocycles. The van der Waals surface area contributed by atoms with Crippen LogP contribution in [0, 0.1) is 6.92 Å². The van der Waals surface area contributed by atoms with Crippen LogP contribution in [-0.2, 0) is 9.59 Å². The summed E-state index contributed by atoms with van der Waals surface area (Å²) in [6.45, 7) is 5.74. The zero-order valence-electron chi connectivity index (χ0n) is 11.9. The number of amides is 2. The minimum absolute atomic E-state index is 0.0535. The van der Waals surface area contributed by atoms with E-state index in [-0.39, 0.29) is 24.3 Å². The average molecular weight is 295 g/mol. The highest BCUT2D eigenvalue weighted by Gasteiger charge is 2.40. The Labute approximate surface area is 124 Å². The van der Waals surface area contributed by atoms with Crippen LogP contribution in [0.2, 0.25) is 5.02 Å². The molecule has 0 aromatic heterocycles. The molecule has 1 aliphatic heterocycles. The molecule has 108 valence electrons. The van der Waals surface area contributed by atoms with Crippen LogP contribution in [-0.4, -0.2) is 28.8 Å². The Morgan fingerprint density at radius 1 is 1.45 bits per heavy atom. The van der Waals surface area contributed by atoms with E-state index in [2.05, 4.69) is 5.32 Å². The molecular formula is C15H19ClN2O2. The smallest absolute Gasteiger partial charge is 0.252 e. The maximum absolute atomic E-state index is 12.3. The average Bonchev–Trinajstić information content (AvgIpc) is 2.69. The molecule has 1 aliphatic rings. The molecule has 5 heteroatoms. The number of carbonyl (C=O) groups excluding carboxylic acids is 2. The maximum Gasteiger partial charge on any atom is 0.252 e. The first-order chi connectivity index (χ1) is 9.45. The van der Waals surface area contributed by atoms with E-state index in [0.717, 1.165) is 17.7 Å². The number of imide groups is 1. The standard InChI is InChI=1S/C15H19ClN2O2/c1-4-9(2)18-14(19)8-13(15(18)20)17-12-7-5-6-11(16)10(12)3/h5-7,9,13,17H,4,8H2,1-3H3. The summed E-state index contributed by atoms with van der Waals surface area (Å²) in [5, 5.41) is 3.79. The molecule has 0 aliphatic carbocycles. The lowest BCUT2D eigenvalue weighted by Crippen LogP contribution is -2.40. The van der Waals surface area contributed by atoms with Crippen LogP contribution in [0.4, 0.5) is 5.69 Å². The van der Waals surface area contributed by atoms with E-state index in [0.29, 0.717) is 5.02 Å². The van der Waals surface area contributed by atoms with Crippen LogP contribution < -0.4 is 5.32 Å². The van der Waals surface area contributed by atoms with Crippen molar-refractivity contribution in [3.8, 4) is 0 Å². The van der Waals surface area contributed by atoms with E-state index in [1.807, 2.05) is 32.9 Å². The van der Waals surface area contributed by atoms with Crippen LogP contribution in [0.15, 0.2) is 18.2 Å². The molecule has 1 aromatic rings. The summed E-state index contributed by atoms with van der Waals surface area (Å²) < 4.78 is 0. The lowest BCUT2D eigenvalue weighted by Gasteiger charge is -2.22. The lowest BCUT2D eigenvalue weighted by atomic mass is 10.1. The molecular weight excluding hydrogens is 276 g/mol. The predicted molar refractivity (Wildman–Crippen MR) is 79.8 cm³/mol. The van der Waals surface area contributed by atoms with E-state index >= 15 is 0 Å². The van der Waals surface area contributed by atoms with Crippen molar-refractivity contribution in [1.82, 2.24) is 4.90 Å². The molecule has 0 saturated carbocycles. The minimum atomic E-state index is -0.492. The van der Waals surface area contributed by atoms with Gasteiger partial charge in [0, 0.05) is 16.8 Å². The first kappa shape index (κ1) is 14.9. The quantitative estimate of drug-likeness (QED) is 0.869. The summed E-state index contributed by atoms with van der Waals surface area (Å²) in [5.41, 5.74) is 1.69. The van der Waals surface area contributed by atoms with Crippen LogP contribution in [0.1, 0.15) is 32.3 Å². The van der Waals surface area contributed by atoms with Crippen molar-refractivity contribution in [2.24, 2.45) is 0 Å². The number of nitrogens with one attached hydrogen (secondary N) is 1. The number of likely N-dealkylation sites (tertiary alicyclic amines) is 1. The molecule has 2 atom stereocenters. The molecule has 1 N–H and O–H groups in total. The monoisotopic (exact) mass is 294 g/mol. The highest BCUT2D eigenvalue weighted by molar-refractivity contribution is 6.31. The van der Waals surface area contributed by atoms with Crippen LogP contribution in [0.5, 0.6) is 0 Å².